The molecule has 0 aliphatic carbocycles. The molecule has 0 heterocycles. The fourth-order valence-corrected chi connectivity index (χ4v) is 0.557. The molecule has 0 unspecified atom stereocenters. The molecule has 1 aromatic carbocycles. The molecule has 94 valence electrons. The molecule has 0 aliphatic heterocycles. The van der Waals surface area contributed by atoms with Gasteiger partial charge in [-0.1, -0.05) is 58.0 Å². The number of rotatable bonds is 1. The van der Waals surface area contributed by atoms with Crippen molar-refractivity contribution in [2.75, 3.05) is 7.11 Å². The van der Waals surface area contributed by atoms with Crippen LogP contribution in [-0.4, -0.2) is 7.11 Å². The Balaban J connectivity index is -0.000000181. The van der Waals surface area contributed by atoms with Crippen molar-refractivity contribution in [1.82, 2.24) is 0 Å². The molecule has 1 aromatic rings. The molecular formula is C15H28O. The standard InChI is InChI=1S/C7H8O.C4H8.2C2H6/c1-8-7-5-3-2-4-6-7;1-3-4-2;2*1-2/h2-6H,1H3;3-4H,1-2H3;2*1-2H3/b;4-3-;;. The number of benzene rings is 1. The van der Waals surface area contributed by atoms with Gasteiger partial charge in [0.15, 0.2) is 0 Å². The normalized spacial score (nSPS) is 7.44. The third kappa shape index (κ3) is 18.5. The molecule has 0 aromatic heterocycles. The minimum Gasteiger partial charge on any atom is -0.497 e. The van der Waals surface area contributed by atoms with Crippen LogP contribution >= 0.6 is 0 Å². The first-order chi connectivity index (χ1) is 7.85. The van der Waals surface area contributed by atoms with Crippen LogP contribution in [0.15, 0.2) is 42.5 Å². The van der Waals surface area contributed by atoms with E-state index in [2.05, 4.69) is 0 Å². The number of para-hydroxylation sites is 1. The lowest BCUT2D eigenvalue weighted by Gasteiger charge is -1.93. The number of methoxy groups -OCH3 is 1. The van der Waals surface area contributed by atoms with Crippen LogP contribution in [0, 0.1) is 0 Å². The van der Waals surface area contributed by atoms with E-state index in [0.717, 1.165) is 5.75 Å². The van der Waals surface area contributed by atoms with Crippen LogP contribution in [0.1, 0.15) is 41.5 Å². The lowest BCUT2D eigenvalue weighted by molar-refractivity contribution is 0.415. The van der Waals surface area contributed by atoms with Crippen LogP contribution in [0.25, 0.3) is 0 Å². The lowest BCUT2D eigenvalue weighted by Crippen LogP contribution is -1.78. The predicted molar refractivity (Wildman–Crippen MR) is 76.2 cm³/mol. The second kappa shape index (κ2) is 23.5. The van der Waals surface area contributed by atoms with Gasteiger partial charge < -0.3 is 4.74 Å². The molecule has 1 rings (SSSR count). The van der Waals surface area contributed by atoms with Crippen LogP contribution in [-0.2, 0) is 0 Å². The Bertz CT molecular complexity index is 198. The summed E-state index contributed by atoms with van der Waals surface area (Å²) in [6, 6.07) is 9.68. The van der Waals surface area contributed by atoms with Gasteiger partial charge in [0.2, 0.25) is 0 Å². The van der Waals surface area contributed by atoms with Gasteiger partial charge in [0.25, 0.3) is 0 Å². The molecule has 0 saturated carbocycles. The quantitative estimate of drug-likeness (QED) is 0.586. The molecule has 0 spiro atoms. The highest BCUT2D eigenvalue weighted by molar-refractivity contribution is 5.20. The number of hydrogen-bond acceptors (Lipinski definition) is 1. The first-order valence-electron chi connectivity index (χ1n) is 6.01. The van der Waals surface area contributed by atoms with Gasteiger partial charge in [0, 0.05) is 0 Å². The summed E-state index contributed by atoms with van der Waals surface area (Å²) in [5.74, 6) is 0.910. The van der Waals surface area contributed by atoms with E-state index >= 15 is 0 Å². The number of hydrogen-bond donors (Lipinski definition) is 0. The molecule has 1 nitrogen and oxygen atoms in total. The highest BCUT2D eigenvalue weighted by atomic mass is 16.5. The average Bonchev–Trinajstić information content (AvgIpc) is 2.44. The van der Waals surface area contributed by atoms with Gasteiger partial charge in [-0.2, -0.15) is 0 Å². The van der Waals surface area contributed by atoms with E-state index < -0.39 is 0 Å². The summed E-state index contributed by atoms with van der Waals surface area (Å²) in [5, 5.41) is 0. The molecule has 0 aliphatic rings. The fourth-order valence-electron chi connectivity index (χ4n) is 0.557. The molecule has 16 heavy (non-hydrogen) atoms. The van der Waals surface area contributed by atoms with E-state index in [1.807, 2.05) is 84.0 Å². The molecule has 0 N–H and O–H groups in total. The van der Waals surface area contributed by atoms with Gasteiger partial charge in [0.1, 0.15) is 5.75 Å². The average molecular weight is 224 g/mol. The summed E-state index contributed by atoms with van der Waals surface area (Å²) in [5.41, 5.74) is 0. The van der Waals surface area contributed by atoms with Crippen LogP contribution in [0.2, 0.25) is 0 Å². The minimum absolute atomic E-state index is 0.910. The van der Waals surface area contributed by atoms with E-state index in [9.17, 15) is 0 Å². The van der Waals surface area contributed by atoms with Crippen molar-refractivity contribution < 1.29 is 4.74 Å². The maximum absolute atomic E-state index is 4.91. The van der Waals surface area contributed by atoms with Gasteiger partial charge in [-0.3, -0.25) is 0 Å². The van der Waals surface area contributed by atoms with E-state index in [1.165, 1.54) is 0 Å². The van der Waals surface area contributed by atoms with E-state index in [0.29, 0.717) is 0 Å². The molecule has 0 bridgehead atoms. The summed E-state index contributed by atoms with van der Waals surface area (Å²) >= 11 is 0. The Morgan fingerprint density at radius 1 is 0.812 bits per heavy atom. The Morgan fingerprint density at radius 2 is 1.19 bits per heavy atom. The Morgan fingerprint density at radius 3 is 1.38 bits per heavy atom. The fraction of sp³-hybridized carbons (Fsp3) is 0.467. The Labute approximate surface area is 102 Å². The molecule has 0 saturated heterocycles. The van der Waals surface area contributed by atoms with Crippen LogP contribution in [0.4, 0.5) is 0 Å². The molecular weight excluding hydrogens is 196 g/mol. The first-order valence-corrected chi connectivity index (χ1v) is 6.01. The van der Waals surface area contributed by atoms with Crippen molar-refractivity contribution in [1.29, 1.82) is 0 Å². The Kier molecular flexibility index (Phi) is 29.7. The molecule has 0 amide bonds. The third-order valence-corrected chi connectivity index (χ3v) is 1.31. The first kappa shape index (κ1) is 20.2. The molecule has 0 fully saturated rings. The maximum Gasteiger partial charge on any atom is 0.118 e. The summed E-state index contributed by atoms with van der Waals surface area (Å²) < 4.78 is 4.91. The second-order valence-electron chi connectivity index (χ2n) is 2.18. The summed E-state index contributed by atoms with van der Waals surface area (Å²) in [4.78, 5) is 0. The lowest BCUT2D eigenvalue weighted by atomic mass is 10.3. The van der Waals surface area contributed by atoms with Gasteiger partial charge in [-0.05, 0) is 26.0 Å². The van der Waals surface area contributed by atoms with Gasteiger partial charge in [0.05, 0.1) is 7.11 Å². The largest absolute Gasteiger partial charge is 0.497 e. The van der Waals surface area contributed by atoms with Crippen LogP contribution in [0.5, 0.6) is 5.75 Å². The van der Waals surface area contributed by atoms with E-state index in [1.54, 1.807) is 7.11 Å². The van der Waals surface area contributed by atoms with Crippen LogP contribution in [0.3, 0.4) is 0 Å². The van der Waals surface area contributed by atoms with Gasteiger partial charge in [-0.15, -0.1) is 0 Å². The smallest absolute Gasteiger partial charge is 0.118 e. The monoisotopic (exact) mass is 224 g/mol. The van der Waals surface area contributed by atoms with Crippen molar-refractivity contribution in [3.63, 3.8) is 0 Å². The predicted octanol–water partition coefficient (Wildman–Crippen LogP) is 5.33. The SMILES string of the molecule is C/C=C\C.CC.CC.COc1ccccc1. The van der Waals surface area contributed by atoms with Crippen molar-refractivity contribution in [2.24, 2.45) is 0 Å². The molecule has 1 heteroatoms. The van der Waals surface area contributed by atoms with Crippen LogP contribution < -0.4 is 4.74 Å². The maximum atomic E-state index is 4.91. The number of ether oxygens (including phenoxy) is 1. The van der Waals surface area contributed by atoms with Crippen molar-refractivity contribution >= 4 is 0 Å². The summed E-state index contributed by atoms with van der Waals surface area (Å²) in [6.07, 6.45) is 4.00. The molecule has 0 radical (unpaired) electrons. The number of allylic oxidation sites excluding steroid dienone is 2. The van der Waals surface area contributed by atoms with Crippen molar-refractivity contribution in [3.05, 3.63) is 42.5 Å². The third-order valence-electron chi connectivity index (χ3n) is 1.31. The van der Waals surface area contributed by atoms with Gasteiger partial charge >= 0.3 is 0 Å². The minimum atomic E-state index is 0.910. The summed E-state index contributed by atoms with van der Waals surface area (Å²) in [6.45, 7) is 12.0. The second-order valence-corrected chi connectivity index (χ2v) is 2.18. The highest BCUT2D eigenvalue weighted by Gasteiger charge is 1.80. The zero-order chi connectivity index (χ0) is 13.2. The topological polar surface area (TPSA) is 9.23 Å². The highest BCUT2D eigenvalue weighted by Crippen LogP contribution is 2.05. The zero-order valence-corrected chi connectivity index (χ0v) is 11.9. The van der Waals surface area contributed by atoms with Crippen molar-refractivity contribution in [2.45, 2.75) is 41.5 Å². The Hall–Kier alpha value is -1.24. The van der Waals surface area contributed by atoms with E-state index in [4.69, 9.17) is 4.74 Å². The molecule has 0 atom stereocenters. The van der Waals surface area contributed by atoms with Crippen molar-refractivity contribution in [3.8, 4) is 5.75 Å². The summed E-state index contributed by atoms with van der Waals surface area (Å²) in [7, 11) is 1.66. The zero-order valence-electron chi connectivity index (χ0n) is 11.9. The van der Waals surface area contributed by atoms with Gasteiger partial charge in [-0.25, -0.2) is 0 Å². The van der Waals surface area contributed by atoms with E-state index in [-0.39, 0.29) is 0 Å².